The highest BCUT2D eigenvalue weighted by Gasteiger charge is 2.49. The van der Waals surface area contributed by atoms with Crippen molar-refractivity contribution < 1.29 is 13.2 Å². The van der Waals surface area contributed by atoms with Gasteiger partial charge in [-0.05, 0) is 93.7 Å². The molecule has 7 nitrogen and oxygen atoms in total. The molecule has 1 amide bonds. The van der Waals surface area contributed by atoms with Crippen molar-refractivity contribution in [3.63, 3.8) is 0 Å². The zero-order valence-corrected chi connectivity index (χ0v) is 20.9. The van der Waals surface area contributed by atoms with Gasteiger partial charge >= 0.3 is 0 Å². The smallest absolute Gasteiger partial charge is 0.226 e. The fraction of sp³-hybridized carbons (Fsp3) is 0.654. The highest BCUT2D eigenvalue weighted by molar-refractivity contribution is 7.90. The van der Waals surface area contributed by atoms with E-state index in [0.717, 1.165) is 48.8 Å². The zero-order chi connectivity index (χ0) is 23.6. The summed E-state index contributed by atoms with van der Waals surface area (Å²) >= 11 is 0. The van der Waals surface area contributed by atoms with E-state index in [-0.39, 0.29) is 16.7 Å². The van der Waals surface area contributed by atoms with Gasteiger partial charge in [0, 0.05) is 36.7 Å². The highest BCUT2D eigenvalue weighted by Crippen LogP contribution is 2.53. The van der Waals surface area contributed by atoms with Gasteiger partial charge in [-0.15, -0.1) is 0 Å². The standard InChI is InChI=1S/C26H34N4O3S/c1-15-22-4-3-21(34(2,32)33)14-23(22)28-26(27-15)30-7-5-18(6-8-30)25(31)29-24-19-10-16-9-17(12-19)13-20(24)11-16/h3-4,14,16-20,24H,5-13H2,1-2H3,(H,29,31). The molecule has 5 aliphatic rings. The second-order valence-electron chi connectivity index (χ2n) is 11.3. The summed E-state index contributed by atoms with van der Waals surface area (Å²) in [6, 6.07) is 5.43. The monoisotopic (exact) mass is 482 g/mol. The van der Waals surface area contributed by atoms with Crippen LogP contribution in [0.5, 0.6) is 0 Å². The lowest BCUT2D eigenvalue weighted by molar-refractivity contribution is -0.129. The Hall–Kier alpha value is -2.22. The van der Waals surface area contributed by atoms with Crippen LogP contribution in [0.4, 0.5) is 5.95 Å². The van der Waals surface area contributed by atoms with Crippen LogP contribution >= 0.6 is 0 Å². The zero-order valence-electron chi connectivity index (χ0n) is 20.0. The van der Waals surface area contributed by atoms with E-state index in [1.54, 1.807) is 18.2 Å². The molecule has 4 bridgehead atoms. The number of nitrogens with zero attached hydrogens (tertiary/aromatic N) is 3. The van der Waals surface area contributed by atoms with Gasteiger partial charge in [0.1, 0.15) is 0 Å². The molecular formula is C26H34N4O3S. The number of benzene rings is 1. The molecule has 1 N–H and O–H groups in total. The normalized spacial score (nSPS) is 31.2. The molecule has 0 unspecified atom stereocenters. The van der Waals surface area contributed by atoms with Crippen LogP contribution in [0.1, 0.15) is 50.6 Å². The van der Waals surface area contributed by atoms with Crippen molar-refractivity contribution in [3.05, 3.63) is 23.9 Å². The van der Waals surface area contributed by atoms with E-state index in [0.29, 0.717) is 29.3 Å². The first-order valence-electron chi connectivity index (χ1n) is 12.8. The number of hydrogen-bond acceptors (Lipinski definition) is 6. The van der Waals surface area contributed by atoms with Gasteiger partial charge in [0.25, 0.3) is 0 Å². The van der Waals surface area contributed by atoms with Crippen molar-refractivity contribution in [1.82, 2.24) is 15.3 Å². The molecule has 182 valence electrons. The third kappa shape index (κ3) is 3.97. The van der Waals surface area contributed by atoms with Gasteiger partial charge in [0.05, 0.1) is 16.1 Å². The first-order chi connectivity index (χ1) is 16.2. The van der Waals surface area contributed by atoms with Crippen LogP contribution in [0, 0.1) is 36.5 Å². The molecule has 7 rings (SSSR count). The van der Waals surface area contributed by atoms with E-state index >= 15 is 0 Å². The Bertz CT molecular complexity index is 1210. The molecule has 1 aromatic heterocycles. The molecule has 1 aromatic carbocycles. The molecule has 1 saturated heterocycles. The predicted molar refractivity (Wildman–Crippen MR) is 131 cm³/mol. The lowest BCUT2D eigenvalue weighted by atomic mass is 9.54. The summed E-state index contributed by atoms with van der Waals surface area (Å²) < 4.78 is 24.0. The molecule has 4 saturated carbocycles. The summed E-state index contributed by atoms with van der Waals surface area (Å²) in [6.45, 7) is 3.39. The number of aromatic nitrogens is 2. The van der Waals surface area contributed by atoms with E-state index in [1.165, 1.54) is 38.4 Å². The summed E-state index contributed by atoms with van der Waals surface area (Å²) in [5.74, 6) is 4.14. The van der Waals surface area contributed by atoms with Crippen molar-refractivity contribution in [1.29, 1.82) is 0 Å². The van der Waals surface area contributed by atoms with Crippen LogP contribution in [0.25, 0.3) is 10.9 Å². The SMILES string of the molecule is Cc1nc(N2CCC(C(=O)NC3C4CC5CC(C4)CC3C5)CC2)nc2cc(S(C)(=O)=O)ccc12. The van der Waals surface area contributed by atoms with Gasteiger partial charge in [-0.2, -0.15) is 0 Å². The number of anilines is 1. The number of nitrogens with one attached hydrogen (secondary N) is 1. The lowest BCUT2D eigenvalue weighted by Crippen LogP contribution is -2.57. The van der Waals surface area contributed by atoms with Crippen LogP contribution in [0.2, 0.25) is 0 Å². The van der Waals surface area contributed by atoms with Crippen molar-refractivity contribution in [2.24, 2.45) is 29.6 Å². The number of hydrogen-bond donors (Lipinski definition) is 1. The molecule has 4 aliphatic carbocycles. The average Bonchev–Trinajstić information content (AvgIpc) is 2.80. The van der Waals surface area contributed by atoms with Crippen LogP contribution in [-0.4, -0.2) is 49.7 Å². The van der Waals surface area contributed by atoms with Crippen molar-refractivity contribution >= 4 is 32.6 Å². The number of rotatable bonds is 4. The molecule has 0 atom stereocenters. The Kier molecular flexibility index (Phi) is 5.35. The van der Waals surface area contributed by atoms with Crippen LogP contribution < -0.4 is 10.2 Å². The van der Waals surface area contributed by atoms with Crippen LogP contribution in [-0.2, 0) is 14.6 Å². The summed E-state index contributed by atoms with van der Waals surface area (Å²) in [4.78, 5) is 25.0. The maximum Gasteiger partial charge on any atom is 0.226 e. The number of fused-ring (bicyclic) bond motifs is 1. The summed E-state index contributed by atoms with van der Waals surface area (Å²) in [5, 5.41) is 4.36. The summed E-state index contributed by atoms with van der Waals surface area (Å²) in [7, 11) is -3.30. The number of aryl methyl sites for hydroxylation is 1. The molecule has 1 aliphatic heterocycles. The Labute approximate surface area is 201 Å². The molecule has 5 fully saturated rings. The Balaban J connectivity index is 1.12. The lowest BCUT2D eigenvalue weighted by Gasteiger charge is -2.54. The third-order valence-electron chi connectivity index (χ3n) is 8.96. The minimum absolute atomic E-state index is 0.0480. The fourth-order valence-corrected chi connectivity index (χ4v) is 8.05. The van der Waals surface area contributed by atoms with Crippen molar-refractivity contribution in [3.8, 4) is 0 Å². The van der Waals surface area contributed by atoms with E-state index in [9.17, 15) is 13.2 Å². The molecule has 0 radical (unpaired) electrons. The van der Waals surface area contributed by atoms with Crippen LogP contribution in [0.15, 0.2) is 23.1 Å². The Morgan fingerprint density at radius 3 is 2.26 bits per heavy atom. The maximum absolute atomic E-state index is 13.2. The second kappa shape index (κ2) is 8.18. The van der Waals surface area contributed by atoms with Gasteiger partial charge < -0.3 is 10.2 Å². The minimum atomic E-state index is -3.30. The molecule has 0 spiro atoms. The quantitative estimate of drug-likeness (QED) is 0.717. The van der Waals surface area contributed by atoms with E-state index in [4.69, 9.17) is 9.97 Å². The molecule has 8 heteroatoms. The van der Waals surface area contributed by atoms with Gasteiger partial charge in [-0.1, -0.05) is 0 Å². The van der Waals surface area contributed by atoms with Gasteiger partial charge in [0.15, 0.2) is 9.84 Å². The van der Waals surface area contributed by atoms with Gasteiger partial charge in [0.2, 0.25) is 11.9 Å². The number of carbonyl (C=O) groups excluding carboxylic acids is 1. The van der Waals surface area contributed by atoms with Crippen molar-refractivity contribution in [2.45, 2.75) is 62.8 Å². The number of sulfone groups is 1. The molecule has 2 aromatic rings. The fourth-order valence-electron chi connectivity index (χ4n) is 7.41. The molecule has 34 heavy (non-hydrogen) atoms. The highest BCUT2D eigenvalue weighted by atomic mass is 32.2. The summed E-state index contributed by atoms with van der Waals surface area (Å²) in [6.07, 6.45) is 9.49. The number of carbonyl (C=O) groups is 1. The van der Waals surface area contributed by atoms with Crippen LogP contribution in [0.3, 0.4) is 0 Å². The van der Waals surface area contributed by atoms with E-state index in [2.05, 4.69) is 10.2 Å². The average molecular weight is 483 g/mol. The van der Waals surface area contributed by atoms with Gasteiger partial charge in [-0.3, -0.25) is 4.79 Å². The third-order valence-corrected chi connectivity index (χ3v) is 10.1. The molecule has 2 heterocycles. The Morgan fingerprint density at radius 2 is 1.65 bits per heavy atom. The largest absolute Gasteiger partial charge is 0.353 e. The first-order valence-corrected chi connectivity index (χ1v) is 14.7. The minimum Gasteiger partial charge on any atom is -0.353 e. The number of amides is 1. The van der Waals surface area contributed by atoms with Gasteiger partial charge in [-0.25, -0.2) is 18.4 Å². The topological polar surface area (TPSA) is 92.3 Å². The van der Waals surface area contributed by atoms with Crippen molar-refractivity contribution in [2.75, 3.05) is 24.2 Å². The number of piperidine rings is 1. The van der Waals surface area contributed by atoms with E-state index in [1.807, 2.05) is 6.92 Å². The second-order valence-corrected chi connectivity index (χ2v) is 13.3. The maximum atomic E-state index is 13.2. The van der Waals surface area contributed by atoms with E-state index < -0.39 is 9.84 Å². The molecular weight excluding hydrogens is 448 g/mol. The Morgan fingerprint density at radius 1 is 1.00 bits per heavy atom. The first kappa shape index (κ1) is 22.3. The predicted octanol–water partition coefficient (Wildman–Crippen LogP) is 3.50. The summed E-state index contributed by atoms with van der Waals surface area (Å²) in [5.41, 5.74) is 1.48.